The van der Waals surface area contributed by atoms with Crippen molar-refractivity contribution in [2.75, 3.05) is 26.8 Å². The number of ketones is 1. The predicted octanol–water partition coefficient (Wildman–Crippen LogP) is 5.23. The Kier molecular flexibility index (Phi) is 12.1. The molecule has 1 N–H and O–H groups in total. The van der Waals surface area contributed by atoms with Gasteiger partial charge >= 0.3 is 5.97 Å². The summed E-state index contributed by atoms with van der Waals surface area (Å²) in [6.07, 6.45) is 4.49. The standard InChI is InChI=1S/C35H37ClN2O6/c1-43-35(42)30-16-17-33(40)38(20-18-25-10-4-2-5-11-25)19-8-9-21-44-32-24-28(36)14-15-29(32)31(39)23-27(34(41)37-30)22-26-12-6-3-7-13-26/h2-15,24,27,30H,16-23H2,1H3,(H,37,41)/b9-8-/t27-,30-/m0/s1. The van der Waals surface area contributed by atoms with Crippen molar-refractivity contribution < 1.29 is 28.7 Å². The van der Waals surface area contributed by atoms with Crippen LogP contribution in [-0.4, -0.2) is 61.3 Å². The van der Waals surface area contributed by atoms with E-state index < -0.39 is 23.8 Å². The van der Waals surface area contributed by atoms with Crippen molar-refractivity contribution in [2.24, 2.45) is 5.92 Å². The molecule has 0 spiro atoms. The lowest BCUT2D eigenvalue weighted by molar-refractivity contribution is -0.146. The summed E-state index contributed by atoms with van der Waals surface area (Å²) in [5, 5.41) is 3.18. The molecule has 1 heterocycles. The van der Waals surface area contributed by atoms with Gasteiger partial charge in [0.25, 0.3) is 0 Å². The number of rotatable bonds is 6. The highest BCUT2D eigenvalue weighted by Gasteiger charge is 2.30. The van der Waals surface area contributed by atoms with Gasteiger partial charge in [-0.3, -0.25) is 14.4 Å². The number of carbonyl (C=O) groups is 4. The van der Waals surface area contributed by atoms with E-state index in [0.29, 0.717) is 35.8 Å². The molecule has 0 aromatic heterocycles. The average Bonchev–Trinajstić information content (AvgIpc) is 3.04. The Hall–Kier alpha value is -4.43. The maximum atomic E-state index is 13.7. The summed E-state index contributed by atoms with van der Waals surface area (Å²) in [5.41, 5.74) is 2.27. The number of esters is 1. The van der Waals surface area contributed by atoms with E-state index in [2.05, 4.69) is 5.32 Å². The highest BCUT2D eigenvalue weighted by Crippen LogP contribution is 2.27. The third kappa shape index (κ3) is 9.54. The summed E-state index contributed by atoms with van der Waals surface area (Å²) in [5.74, 6) is -2.08. The Bertz CT molecular complexity index is 1460. The Morgan fingerprint density at radius 3 is 2.39 bits per heavy atom. The lowest BCUT2D eigenvalue weighted by Gasteiger charge is -2.24. The van der Waals surface area contributed by atoms with E-state index >= 15 is 0 Å². The summed E-state index contributed by atoms with van der Waals surface area (Å²) in [7, 11) is 1.24. The number of Topliss-reactive ketones (excluding diaryl/α,β-unsaturated/α-hetero) is 1. The van der Waals surface area contributed by atoms with Crippen LogP contribution in [0.25, 0.3) is 0 Å². The number of halogens is 1. The number of nitrogens with zero attached hydrogens (tertiary/aromatic N) is 1. The molecule has 3 aromatic carbocycles. The second-order valence-corrected chi connectivity index (χ2v) is 11.1. The van der Waals surface area contributed by atoms with Crippen molar-refractivity contribution in [2.45, 2.75) is 38.1 Å². The number of hydrogen-bond acceptors (Lipinski definition) is 6. The fraction of sp³-hybridized carbons (Fsp3) is 0.314. The van der Waals surface area contributed by atoms with Crippen LogP contribution in [0.1, 0.15) is 40.7 Å². The zero-order chi connectivity index (χ0) is 31.3. The fourth-order valence-electron chi connectivity index (χ4n) is 5.08. The van der Waals surface area contributed by atoms with E-state index in [0.717, 1.165) is 11.1 Å². The van der Waals surface area contributed by atoms with Crippen LogP contribution in [0.5, 0.6) is 5.75 Å². The zero-order valence-corrected chi connectivity index (χ0v) is 25.5. The second kappa shape index (κ2) is 16.4. The topological polar surface area (TPSA) is 102 Å². The Balaban J connectivity index is 1.63. The van der Waals surface area contributed by atoms with Crippen LogP contribution in [-0.2, 0) is 32.0 Å². The van der Waals surface area contributed by atoms with E-state index in [1.54, 1.807) is 29.2 Å². The van der Waals surface area contributed by atoms with E-state index in [-0.39, 0.29) is 44.0 Å². The van der Waals surface area contributed by atoms with Gasteiger partial charge in [0.1, 0.15) is 18.4 Å². The third-order valence-electron chi connectivity index (χ3n) is 7.51. The van der Waals surface area contributed by atoms with Crippen molar-refractivity contribution in [3.63, 3.8) is 0 Å². The largest absolute Gasteiger partial charge is 0.489 e. The molecule has 0 bridgehead atoms. The Morgan fingerprint density at radius 2 is 1.68 bits per heavy atom. The normalized spacial score (nSPS) is 19.2. The van der Waals surface area contributed by atoms with Gasteiger partial charge in [0.05, 0.1) is 12.7 Å². The summed E-state index contributed by atoms with van der Waals surface area (Å²) >= 11 is 6.23. The zero-order valence-electron chi connectivity index (χ0n) is 24.7. The first-order chi connectivity index (χ1) is 21.3. The molecule has 0 saturated heterocycles. The smallest absolute Gasteiger partial charge is 0.328 e. The summed E-state index contributed by atoms with van der Waals surface area (Å²) in [6, 6.07) is 22.9. The molecule has 0 radical (unpaired) electrons. The number of nitrogens with one attached hydrogen (secondary N) is 1. The molecule has 0 aliphatic carbocycles. The molecule has 3 aromatic rings. The monoisotopic (exact) mass is 616 g/mol. The van der Waals surface area contributed by atoms with Crippen molar-refractivity contribution in [3.05, 3.63) is 113 Å². The molecule has 4 rings (SSSR count). The summed E-state index contributed by atoms with van der Waals surface area (Å²) < 4.78 is 10.9. The molecule has 9 heteroatoms. The minimum Gasteiger partial charge on any atom is -0.489 e. The van der Waals surface area contributed by atoms with Gasteiger partial charge in [-0.05, 0) is 54.7 Å². The van der Waals surface area contributed by atoms with Crippen LogP contribution in [0.15, 0.2) is 91.0 Å². The maximum absolute atomic E-state index is 13.7. The number of ether oxygens (including phenoxy) is 2. The highest BCUT2D eigenvalue weighted by molar-refractivity contribution is 6.30. The molecule has 44 heavy (non-hydrogen) atoms. The predicted molar refractivity (Wildman–Crippen MR) is 169 cm³/mol. The van der Waals surface area contributed by atoms with Crippen molar-refractivity contribution in [1.29, 1.82) is 0 Å². The Labute approximate surface area is 263 Å². The van der Waals surface area contributed by atoms with Gasteiger partial charge in [-0.1, -0.05) is 78.3 Å². The molecule has 1 aliphatic heterocycles. The van der Waals surface area contributed by atoms with E-state index in [1.165, 1.54) is 7.11 Å². The van der Waals surface area contributed by atoms with Gasteiger partial charge in [-0.25, -0.2) is 4.79 Å². The van der Waals surface area contributed by atoms with Gasteiger partial charge in [0, 0.05) is 36.9 Å². The number of methoxy groups -OCH3 is 1. The first-order valence-corrected chi connectivity index (χ1v) is 15.1. The number of fused-ring (bicyclic) bond motifs is 1. The number of amides is 2. The molecule has 1 aliphatic rings. The lowest BCUT2D eigenvalue weighted by atomic mass is 9.90. The molecular weight excluding hydrogens is 580 g/mol. The van der Waals surface area contributed by atoms with Crippen LogP contribution in [0, 0.1) is 5.92 Å². The van der Waals surface area contributed by atoms with Crippen LogP contribution in [0.3, 0.4) is 0 Å². The molecule has 8 nitrogen and oxygen atoms in total. The summed E-state index contributed by atoms with van der Waals surface area (Å²) in [6.45, 7) is 0.944. The summed E-state index contributed by atoms with van der Waals surface area (Å²) in [4.78, 5) is 55.2. The molecular formula is C35H37ClN2O6. The third-order valence-corrected chi connectivity index (χ3v) is 7.75. The van der Waals surface area contributed by atoms with Gasteiger partial charge in [0.2, 0.25) is 11.8 Å². The van der Waals surface area contributed by atoms with Crippen LogP contribution in [0.4, 0.5) is 0 Å². The van der Waals surface area contributed by atoms with Crippen LogP contribution < -0.4 is 10.1 Å². The molecule has 0 saturated carbocycles. The number of carbonyl (C=O) groups excluding carboxylic acids is 4. The van der Waals surface area contributed by atoms with E-state index in [1.807, 2.05) is 66.7 Å². The molecule has 0 fully saturated rings. The second-order valence-electron chi connectivity index (χ2n) is 10.6. The van der Waals surface area contributed by atoms with Crippen LogP contribution >= 0.6 is 11.6 Å². The van der Waals surface area contributed by atoms with Crippen molar-refractivity contribution in [3.8, 4) is 5.75 Å². The minimum atomic E-state index is -1.05. The molecule has 0 unspecified atom stereocenters. The first-order valence-electron chi connectivity index (χ1n) is 14.7. The van der Waals surface area contributed by atoms with E-state index in [4.69, 9.17) is 21.1 Å². The van der Waals surface area contributed by atoms with E-state index in [9.17, 15) is 19.2 Å². The SMILES string of the molecule is COC(=O)[C@@H]1CCC(=O)N(CCc2ccccc2)C/C=C\COc2cc(Cl)ccc2C(=O)C[C@H](Cc2ccccc2)C(=O)N1. The first kappa shape index (κ1) is 32.5. The quantitative estimate of drug-likeness (QED) is 0.301. The Morgan fingerprint density at radius 1 is 0.977 bits per heavy atom. The number of hydrogen-bond donors (Lipinski definition) is 1. The molecule has 2 atom stereocenters. The van der Waals surface area contributed by atoms with Crippen LogP contribution in [0.2, 0.25) is 5.02 Å². The molecule has 230 valence electrons. The van der Waals surface area contributed by atoms with Gasteiger partial charge in [-0.15, -0.1) is 0 Å². The maximum Gasteiger partial charge on any atom is 0.328 e. The lowest BCUT2D eigenvalue weighted by Crippen LogP contribution is -2.46. The highest BCUT2D eigenvalue weighted by atomic mass is 35.5. The van der Waals surface area contributed by atoms with Crippen molar-refractivity contribution >= 4 is 35.2 Å². The van der Waals surface area contributed by atoms with Crippen molar-refractivity contribution in [1.82, 2.24) is 10.2 Å². The number of benzene rings is 3. The van der Waals surface area contributed by atoms with Gasteiger partial charge in [-0.2, -0.15) is 0 Å². The average molecular weight is 617 g/mol. The molecule has 2 amide bonds. The fourth-order valence-corrected chi connectivity index (χ4v) is 5.24. The van der Waals surface area contributed by atoms with Gasteiger partial charge < -0.3 is 19.7 Å². The minimum absolute atomic E-state index is 0.0192. The van der Waals surface area contributed by atoms with Gasteiger partial charge in [0.15, 0.2) is 5.78 Å².